The van der Waals surface area contributed by atoms with Gasteiger partial charge >= 0.3 is 0 Å². The van der Waals surface area contributed by atoms with Crippen LogP contribution in [0.1, 0.15) is 51.6 Å². The molecule has 164 valence electrons. The Morgan fingerprint density at radius 2 is 1.71 bits per heavy atom. The lowest BCUT2D eigenvalue weighted by Crippen LogP contribution is -2.42. The van der Waals surface area contributed by atoms with Gasteiger partial charge in [-0.1, -0.05) is 56.3 Å². The molecule has 1 saturated heterocycles. The lowest BCUT2D eigenvalue weighted by molar-refractivity contribution is -0.126. The zero-order valence-electron chi connectivity index (χ0n) is 18.9. The van der Waals surface area contributed by atoms with Gasteiger partial charge in [0.1, 0.15) is 0 Å². The van der Waals surface area contributed by atoms with E-state index < -0.39 is 0 Å². The first-order chi connectivity index (χ1) is 15.0. The van der Waals surface area contributed by atoms with Crippen LogP contribution in [0.3, 0.4) is 0 Å². The molecule has 1 aliphatic heterocycles. The monoisotopic (exact) mass is 418 g/mol. The van der Waals surface area contributed by atoms with E-state index >= 15 is 0 Å². The van der Waals surface area contributed by atoms with Crippen molar-refractivity contribution in [2.75, 3.05) is 18.0 Å². The van der Waals surface area contributed by atoms with Gasteiger partial charge in [0.2, 0.25) is 11.9 Å². The SMILES string of the molecule is CC(C)CCn1c(N2CCC(C(=O)N[C@H](C)c3ccccc3)CC2)nc2ccccc21. The number of imidazole rings is 1. The van der Waals surface area contributed by atoms with Crippen molar-refractivity contribution in [2.24, 2.45) is 11.8 Å². The first kappa shape index (κ1) is 21.4. The number of carbonyl (C=O) groups excluding carboxylic acids is 1. The van der Waals surface area contributed by atoms with Crippen molar-refractivity contribution >= 4 is 22.9 Å². The Balaban J connectivity index is 1.42. The minimum Gasteiger partial charge on any atom is -0.349 e. The molecule has 0 radical (unpaired) electrons. The molecule has 2 heterocycles. The van der Waals surface area contributed by atoms with E-state index in [0.29, 0.717) is 5.92 Å². The molecule has 0 aliphatic carbocycles. The van der Waals surface area contributed by atoms with Gasteiger partial charge in [-0.2, -0.15) is 0 Å². The van der Waals surface area contributed by atoms with Crippen LogP contribution in [0.2, 0.25) is 0 Å². The van der Waals surface area contributed by atoms with E-state index in [2.05, 4.69) is 72.0 Å². The molecule has 5 nitrogen and oxygen atoms in total. The number of nitrogens with one attached hydrogen (secondary N) is 1. The van der Waals surface area contributed by atoms with Crippen molar-refractivity contribution in [2.45, 2.75) is 52.6 Å². The second-order valence-corrected chi connectivity index (χ2v) is 9.14. The van der Waals surface area contributed by atoms with Crippen molar-refractivity contribution < 1.29 is 4.79 Å². The summed E-state index contributed by atoms with van der Waals surface area (Å²) < 4.78 is 2.37. The van der Waals surface area contributed by atoms with Crippen LogP contribution in [0.15, 0.2) is 54.6 Å². The van der Waals surface area contributed by atoms with Crippen molar-refractivity contribution in [1.29, 1.82) is 0 Å². The van der Waals surface area contributed by atoms with E-state index in [0.717, 1.165) is 55.9 Å². The number of carbonyl (C=O) groups is 1. The molecule has 1 fully saturated rings. The average molecular weight is 419 g/mol. The molecule has 0 saturated carbocycles. The summed E-state index contributed by atoms with van der Waals surface area (Å²) in [7, 11) is 0. The Morgan fingerprint density at radius 1 is 1.03 bits per heavy atom. The number of benzene rings is 2. The number of fused-ring (bicyclic) bond motifs is 1. The van der Waals surface area contributed by atoms with E-state index in [1.54, 1.807) is 0 Å². The number of rotatable bonds is 7. The Morgan fingerprint density at radius 3 is 2.42 bits per heavy atom. The summed E-state index contributed by atoms with van der Waals surface area (Å²) in [6.07, 6.45) is 2.85. The topological polar surface area (TPSA) is 50.2 Å². The van der Waals surface area contributed by atoms with Gasteiger partial charge in [-0.25, -0.2) is 4.98 Å². The van der Waals surface area contributed by atoms with Crippen molar-refractivity contribution in [3.63, 3.8) is 0 Å². The summed E-state index contributed by atoms with van der Waals surface area (Å²) in [5.74, 6) is 1.94. The molecule has 1 amide bonds. The summed E-state index contributed by atoms with van der Waals surface area (Å²) in [6.45, 7) is 9.28. The van der Waals surface area contributed by atoms with Crippen molar-refractivity contribution in [3.8, 4) is 0 Å². The Hall–Kier alpha value is -2.82. The normalized spacial score (nSPS) is 16.1. The standard InChI is InChI=1S/C26H34N4O/c1-19(2)13-18-30-24-12-8-7-11-23(24)28-26(30)29-16-14-22(15-17-29)25(31)27-20(3)21-9-5-4-6-10-21/h4-12,19-20,22H,13-18H2,1-3H3,(H,27,31)/t20-/m1/s1. The summed E-state index contributed by atoms with van der Waals surface area (Å²) in [6, 6.07) is 18.6. The third kappa shape index (κ3) is 4.92. The van der Waals surface area contributed by atoms with Gasteiger partial charge in [-0.3, -0.25) is 4.79 Å². The second-order valence-electron chi connectivity index (χ2n) is 9.14. The quantitative estimate of drug-likeness (QED) is 0.575. The van der Waals surface area contributed by atoms with Crippen LogP contribution in [0, 0.1) is 11.8 Å². The molecule has 1 aliphatic rings. The molecule has 0 bridgehead atoms. The molecule has 4 rings (SSSR count). The molecular formula is C26H34N4O. The summed E-state index contributed by atoms with van der Waals surface area (Å²) in [4.78, 5) is 20.2. The fraction of sp³-hybridized carbons (Fsp3) is 0.462. The number of aryl methyl sites for hydroxylation is 1. The maximum absolute atomic E-state index is 12.9. The zero-order valence-corrected chi connectivity index (χ0v) is 18.9. The van der Waals surface area contributed by atoms with Crippen LogP contribution < -0.4 is 10.2 Å². The maximum atomic E-state index is 12.9. The lowest BCUT2D eigenvalue weighted by atomic mass is 9.95. The predicted octanol–water partition coefficient (Wildman–Crippen LogP) is 5.18. The molecule has 1 atom stereocenters. The molecule has 3 aromatic rings. The third-order valence-corrected chi connectivity index (χ3v) is 6.37. The van der Waals surface area contributed by atoms with Gasteiger partial charge in [-0.05, 0) is 49.8 Å². The fourth-order valence-electron chi connectivity index (χ4n) is 4.41. The third-order valence-electron chi connectivity index (χ3n) is 6.37. The van der Waals surface area contributed by atoms with E-state index in [1.807, 2.05) is 18.2 Å². The Bertz CT molecular complexity index is 1000. The molecule has 31 heavy (non-hydrogen) atoms. The highest BCUT2D eigenvalue weighted by Crippen LogP contribution is 2.28. The number of hydrogen-bond acceptors (Lipinski definition) is 3. The van der Waals surface area contributed by atoms with Gasteiger partial charge in [0.25, 0.3) is 0 Å². The summed E-state index contributed by atoms with van der Waals surface area (Å²) in [5.41, 5.74) is 3.40. The van der Waals surface area contributed by atoms with Gasteiger partial charge in [0.05, 0.1) is 17.1 Å². The Kier molecular flexibility index (Phi) is 6.59. The van der Waals surface area contributed by atoms with Gasteiger partial charge in [-0.15, -0.1) is 0 Å². The molecule has 2 aromatic carbocycles. The first-order valence-electron chi connectivity index (χ1n) is 11.6. The largest absolute Gasteiger partial charge is 0.349 e. The molecule has 1 N–H and O–H groups in total. The second kappa shape index (κ2) is 9.54. The van der Waals surface area contributed by atoms with Crippen LogP contribution in [-0.4, -0.2) is 28.5 Å². The zero-order chi connectivity index (χ0) is 21.8. The van der Waals surface area contributed by atoms with E-state index in [-0.39, 0.29) is 17.9 Å². The maximum Gasteiger partial charge on any atom is 0.223 e. The predicted molar refractivity (Wildman–Crippen MR) is 127 cm³/mol. The highest BCUT2D eigenvalue weighted by molar-refractivity contribution is 5.80. The van der Waals surface area contributed by atoms with Gasteiger partial charge in [0.15, 0.2) is 0 Å². The lowest BCUT2D eigenvalue weighted by Gasteiger charge is -2.33. The smallest absolute Gasteiger partial charge is 0.223 e. The number of amides is 1. The summed E-state index contributed by atoms with van der Waals surface area (Å²) >= 11 is 0. The first-order valence-corrected chi connectivity index (χ1v) is 11.6. The minimum atomic E-state index is 0.0342. The number of para-hydroxylation sites is 2. The minimum absolute atomic E-state index is 0.0342. The summed E-state index contributed by atoms with van der Waals surface area (Å²) in [5, 5.41) is 3.21. The van der Waals surface area contributed by atoms with Crippen LogP contribution >= 0.6 is 0 Å². The molecule has 5 heteroatoms. The number of hydrogen-bond donors (Lipinski definition) is 1. The highest BCUT2D eigenvalue weighted by atomic mass is 16.1. The molecule has 0 unspecified atom stereocenters. The number of piperidine rings is 1. The molecule has 1 aromatic heterocycles. The molecular weight excluding hydrogens is 384 g/mol. The van der Waals surface area contributed by atoms with E-state index in [9.17, 15) is 4.79 Å². The Labute approximate surface area is 185 Å². The van der Waals surface area contributed by atoms with Crippen molar-refractivity contribution in [1.82, 2.24) is 14.9 Å². The molecule has 0 spiro atoms. The highest BCUT2D eigenvalue weighted by Gasteiger charge is 2.28. The number of anilines is 1. The van der Waals surface area contributed by atoms with Crippen LogP contribution in [0.25, 0.3) is 11.0 Å². The van der Waals surface area contributed by atoms with E-state index in [1.165, 1.54) is 5.52 Å². The number of aromatic nitrogens is 2. The van der Waals surface area contributed by atoms with Crippen LogP contribution in [0.5, 0.6) is 0 Å². The van der Waals surface area contributed by atoms with Crippen molar-refractivity contribution in [3.05, 3.63) is 60.2 Å². The van der Waals surface area contributed by atoms with Gasteiger partial charge < -0.3 is 14.8 Å². The number of nitrogens with zero attached hydrogens (tertiary/aromatic N) is 3. The average Bonchev–Trinajstić information content (AvgIpc) is 3.17. The fourth-order valence-corrected chi connectivity index (χ4v) is 4.41. The van der Waals surface area contributed by atoms with Gasteiger partial charge in [0, 0.05) is 25.6 Å². The van der Waals surface area contributed by atoms with Crippen LogP contribution in [-0.2, 0) is 11.3 Å². The van der Waals surface area contributed by atoms with E-state index in [4.69, 9.17) is 4.98 Å². The van der Waals surface area contributed by atoms with Crippen LogP contribution in [0.4, 0.5) is 5.95 Å².